The third kappa shape index (κ3) is 3.07. The van der Waals surface area contributed by atoms with Crippen molar-refractivity contribution in [1.29, 1.82) is 0 Å². The molecule has 0 radical (unpaired) electrons. The first-order valence-corrected chi connectivity index (χ1v) is 8.89. The van der Waals surface area contributed by atoms with Crippen LogP contribution in [0.5, 0.6) is 5.75 Å². The molecule has 0 saturated carbocycles. The van der Waals surface area contributed by atoms with E-state index in [2.05, 4.69) is 33.5 Å². The first-order chi connectivity index (χ1) is 11.8. The zero-order valence-corrected chi connectivity index (χ0v) is 14.3. The number of hydrogen-bond donors (Lipinski definition) is 1. The quantitative estimate of drug-likeness (QED) is 0.761. The summed E-state index contributed by atoms with van der Waals surface area (Å²) in [4.78, 5) is 9.99. The SMILES string of the molecule is COc1ccc(-c2cc3ncnc(NC[C@@H]4CCCO4)c3s2)cc1. The summed E-state index contributed by atoms with van der Waals surface area (Å²) in [6, 6.07) is 10.2. The summed E-state index contributed by atoms with van der Waals surface area (Å²) in [6.45, 7) is 1.66. The largest absolute Gasteiger partial charge is 0.497 e. The Hall–Kier alpha value is -2.18. The van der Waals surface area contributed by atoms with Crippen LogP contribution in [0.15, 0.2) is 36.7 Å². The summed E-state index contributed by atoms with van der Waals surface area (Å²) < 4.78 is 12.0. The topological polar surface area (TPSA) is 56.3 Å². The van der Waals surface area contributed by atoms with Crippen molar-refractivity contribution in [2.45, 2.75) is 18.9 Å². The van der Waals surface area contributed by atoms with Crippen LogP contribution < -0.4 is 10.1 Å². The average Bonchev–Trinajstić information content (AvgIpc) is 3.29. The van der Waals surface area contributed by atoms with Gasteiger partial charge in [-0.25, -0.2) is 9.97 Å². The van der Waals surface area contributed by atoms with Gasteiger partial charge < -0.3 is 14.8 Å². The molecule has 1 saturated heterocycles. The Morgan fingerprint density at radius 1 is 1.29 bits per heavy atom. The molecule has 1 N–H and O–H groups in total. The van der Waals surface area contributed by atoms with Crippen LogP contribution >= 0.6 is 11.3 Å². The molecule has 1 fully saturated rings. The van der Waals surface area contributed by atoms with E-state index in [9.17, 15) is 0 Å². The maximum Gasteiger partial charge on any atom is 0.147 e. The highest BCUT2D eigenvalue weighted by Crippen LogP contribution is 2.36. The van der Waals surface area contributed by atoms with Gasteiger partial charge in [0.05, 0.1) is 23.4 Å². The van der Waals surface area contributed by atoms with Gasteiger partial charge in [0, 0.05) is 18.0 Å². The normalized spacial score (nSPS) is 17.3. The van der Waals surface area contributed by atoms with E-state index in [1.807, 2.05) is 12.1 Å². The molecule has 1 aliphatic heterocycles. The summed E-state index contributed by atoms with van der Waals surface area (Å²) in [6.07, 6.45) is 4.16. The van der Waals surface area contributed by atoms with E-state index >= 15 is 0 Å². The molecule has 0 bridgehead atoms. The molecule has 1 aliphatic rings. The Labute approximate surface area is 144 Å². The van der Waals surface area contributed by atoms with E-state index in [0.29, 0.717) is 0 Å². The lowest BCUT2D eigenvalue weighted by Gasteiger charge is -2.11. The summed E-state index contributed by atoms with van der Waals surface area (Å²) in [5.41, 5.74) is 2.12. The zero-order chi connectivity index (χ0) is 16.4. The molecule has 0 spiro atoms. The van der Waals surface area contributed by atoms with Crippen molar-refractivity contribution >= 4 is 27.4 Å². The Balaban J connectivity index is 1.60. The van der Waals surface area contributed by atoms with Crippen LogP contribution in [0.4, 0.5) is 5.82 Å². The maximum absolute atomic E-state index is 5.67. The number of methoxy groups -OCH3 is 1. The van der Waals surface area contributed by atoms with Crippen LogP contribution in [0, 0.1) is 0 Å². The van der Waals surface area contributed by atoms with E-state index in [-0.39, 0.29) is 6.10 Å². The van der Waals surface area contributed by atoms with Crippen LogP contribution in [0.1, 0.15) is 12.8 Å². The Bertz CT molecular complexity index is 826. The molecule has 124 valence electrons. The highest BCUT2D eigenvalue weighted by molar-refractivity contribution is 7.22. The molecule has 2 aromatic heterocycles. The van der Waals surface area contributed by atoms with E-state index in [1.165, 1.54) is 4.88 Å². The molecule has 3 aromatic rings. The smallest absolute Gasteiger partial charge is 0.147 e. The molecule has 5 nitrogen and oxygen atoms in total. The number of anilines is 1. The summed E-state index contributed by atoms with van der Waals surface area (Å²) in [5.74, 6) is 1.75. The number of rotatable bonds is 5. The second kappa shape index (κ2) is 6.75. The third-order valence-electron chi connectivity index (χ3n) is 4.21. The van der Waals surface area contributed by atoms with Gasteiger partial charge in [0.1, 0.15) is 17.9 Å². The molecular formula is C18H19N3O2S. The minimum Gasteiger partial charge on any atom is -0.497 e. The van der Waals surface area contributed by atoms with Crippen molar-refractivity contribution in [3.63, 3.8) is 0 Å². The molecule has 0 amide bonds. The van der Waals surface area contributed by atoms with Crippen molar-refractivity contribution in [3.8, 4) is 16.2 Å². The predicted octanol–water partition coefficient (Wildman–Crippen LogP) is 3.96. The number of benzene rings is 1. The average molecular weight is 341 g/mol. The van der Waals surface area contributed by atoms with Crippen molar-refractivity contribution in [2.24, 2.45) is 0 Å². The Kier molecular flexibility index (Phi) is 4.32. The summed E-state index contributed by atoms with van der Waals surface area (Å²) in [5, 5.41) is 3.43. The van der Waals surface area contributed by atoms with E-state index in [1.54, 1.807) is 24.8 Å². The number of aromatic nitrogens is 2. The fraction of sp³-hybridized carbons (Fsp3) is 0.333. The second-order valence-electron chi connectivity index (χ2n) is 5.79. The van der Waals surface area contributed by atoms with Gasteiger partial charge in [-0.2, -0.15) is 0 Å². The number of thiophene rings is 1. The Morgan fingerprint density at radius 3 is 2.92 bits per heavy atom. The molecular weight excluding hydrogens is 322 g/mol. The summed E-state index contributed by atoms with van der Waals surface area (Å²) >= 11 is 1.70. The molecule has 3 heterocycles. The number of nitrogens with zero attached hydrogens (tertiary/aromatic N) is 2. The van der Waals surface area contributed by atoms with E-state index in [0.717, 1.165) is 53.3 Å². The lowest BCUT2D eigenvalue weighted by atomic mass is 10.2. The molecule has 1 atom stereocenters. The number of ether oxygens (including phenoxy) is 2. The highest BCUT2D eigenvalue weighted by atomic mass is 32.1. The standard InChI is InChI=1S/C18H19N3O2S/c1-22-13-6-4-12(5-7-13)16-9-15-17(24-16)18(21-11-20-15)19-10-14-3-2-8-23-14/h4-7,9,11,14H,2-3,8,10H2,1H3,(H,19,20,21)/t14-/m0/s1. The first kappa shape index (κ1) is 15.4. The fourth-order valence-electron chi connectivity index (χ4n) is 2.89. The monoisotopic (exact) mass is 341 g/mol. The van der Waals surface area contributed by atoms with Gasteiger partial charge in [-0.1, -0.05) is 0 Å². The zero-order valence-electron chi connectivity index (χ0n) is 13.5. The van der Waals surface area contributed by atoms with Crippen molar-refractivity contribution in [1.82, 2.24) is 9.97 Å². The number of nitrogens with one attached hydrogen (secondary N) is 1. The molecule has 6 heteroatoms. The van der Waals surface area contributed by atoms with Gasteiger partial charge in [-0.05, 0) is 48.7 Å². The van der Waals surface area contributed by atoms with Gasteiger partial charge in [-0.15, -0.1) is 11.3 Å². The van der Waals surface area contributed by atoms with Gasteiger partial charge >= 0.3 is 0 Å². The molecule has 24 heavy (non-hydrogen) atoms. The highest BCUT2D eigenvalue weighted by Gasteiger charge is 2.16. The summed E-state index contributed by atoms with van der Waals surface area (Å²) in [7, 11) is 1.68. The van der Waals surface area contributed by atoms with E-state index in [4.69, 9.17) is 9.47 Å². The van der Waals surface area contributed by atoms with Crippen LogP contribution in [0.2, 0.25) is 0 Å². The third-order valence-corrected chi connectivity index (χ3v) is 5.39. The van der Waals surface area contributed by atoms with Crippen molar-refractivity contribution in [3.05, 3.63) is 36.7 Å². The fourth-order valence-corrected chi connectivity index (χ4v) is 3.98. The first-order valence-electron chi connectivity index (χ1n) is 8.08. The van der Waals surface area contributed by atoms with Gasteiger partial charge in [0.2, 0.25) is 0 Å². The number of fused-ring (bicyclic) bond motifs is 1. The van der Waals surface area contributed by atoms with Crippen LogP contribution in [-0.4, -0.2) is 36.3 Å². The second-order valence-corrected chi connectivity index (χ2v) is 6.84. The van der Waals surface area contributed by atoms with Crippen LogP contribution in [0.3, 0.4) is 0 Å². The lowest BCUT2D eigenvalue weighted by Crippen LogP contribution is -2.18. The van der Waals surface area contributed by atoms with E-state index < -0.39 is 0 Å². The minimum absolute atomic E-state index is 0.288. The minimum atomic E-state index is 0.288. The molecule has 0 aliphatic carbocycles. The van der Waals surface area contributed by atoms with Gasteiger partial charge in [-0.3, -0.25) is 0 Å². The number of hydrogen-bond acceptors (Lipinski definition) is 6. The lowest BCUT2D eigenvalue weighted by molar-refractivity contribution is 0.120. The molecule has 4 rings (SSSR count). The van der Waals surface area contributed by atoms with Crippen LogP contribution in [-0.2, 0) is 4.74 Å². The van der Waals surface area contributed by atoms with Crippen LogP contribution in [0.25, 0.3) is 20.7 Å². The Morgan fingerprint density at radius 2 is 2.17 bits per heavy atom. The van der Waals surface area contributed by atoms with Crippen molar-refractivity contribution in [2.75, 3.05) is 25.6 Å². The van der Waals surface area contributed by atoms with Gasteiger partial charge in [0.15, 0.2) is 0 Å². The maximum atomic E-state index is 5.67. The van der Waals surface area contributed by atoms with Crippen molar-refractivity contribution < 1.29 is 9.47 Å². The predicted molar refractivity (Wildman–Crippen MR) is 96.9 cm³/mol. The molecule has 0 unspecified atom stereocenters. The molecule has 1 aromatic carbocycles. The van der Waals surface area contributed by atoms with Gasteiger partial charge in [0.25, 0.3) is 0 Å².